The summed E-state index contributed by atoms with van der Waals surface area (Å²) in [4.78, 5) is 23.0. The van der Waals surface area contributed by atoms with Gasteiger partial charge in [-0.25, -0.2) is 14.5 Å². The van der Waals surface area contributed by atoms with Gasteiger partial charge in [0.2, 0.25) is 5.82 Å². The second kappa shape index (κ2) is 8.05. The molecule has 0 aliphatic heterocycles. The van der Waals surface area contributed by atoms with Crippen LogP contribution in [0.3, 0.4) is 0 Å². The van der Waals surface area contributed by atoms with Gasteiger partial charge in [0.05, 0.1) is 33.3 Å². The molecular formula is C21H17N5O3S2. The second-order valence-corrected chi connectivity index (χ2v) is 8.78. The number of thiophene rings is 2. The number of hydrogen-bond donors (Lipinski definition) is 0. The average molecular weight is 452 g/mol. The normalized spacial score (nSPS) is 11.5. The number of carbonyl (C=O) groups excluding carboxylic acids is 1. The van der Waals surface area contributed by atoms with Crippen LogP contribution >= 0.6 is 22.7 Å². The van der Waals surface area contributed by atoms with E-state index in [0.29, 0.717) is 34.0 Å². The maximum Gasteiger partial charge on any atom is 0.339 e. The van der Waals surface area contributed by atoms with Crippen molar-refractivity contribution in [2.24, 2.45) is 0 Å². The number of hydrogen-bond acceptors (Lipinski definition) is 9. The molecule has 0 atom stereocenters. The zero-order valence-corrected chi connectivity index (χ0v) is 18.3. The molecule has 0 aliphatic carbocycles. The first-order valence-electron chi connectivity index (χ1n) is 9.54. The molecule has 8 nitrogen and oxygen atoms in total. The van der Waals surface area contributed by atoms with E-state index in [9.17, 15) is 4.79 Å². The highest BCUT2D eigenvalue weighted by atomic mass is 32.1. The third-order valence-electron chi connectivity index (χ3n) is 4.62. The minimum Gasteiger partial charge on any atom is -0.454 e. The van der Waals surface area contributed by atoms with Crippen LogP contribution in [0.15, 0.2) is 51.1 Å². The molecule has 156 valence electrons. The van der Waals surface area contributed by atoms with Crippen molar-refractivity contribution < 1.29 is 14.1 Å². The van der Waals surface area contributed by atoms with E-state index >= 15 is 0 Å². The van der Waals surface area contributed by atoms with Crippen molar-refractivity contribution in [3.8, 4) is 22.0 Å². The molecule has 0 aromatic carbocycles. The number of rotatable bonds is 6. The Labute approximate surface area is 185 Å². The lowest BCUT2D eigenvalue weighted by Gasteiger charge is -2.09. The number of pyridine rings is 1. The Balaban J connectivity index is 1.45. The summed E-state index contributed by atoms with van der Waals surface area (Å²) in [6.45, 7) is 3.94. The van der Waals surface area contributed by atoms with Gasteiger partial charge >= 0.3 is 5.97 Å². The first-order valence-corrected chi connectivity index (χ1v) is 11.4. The molecule has 0 unspecified atom stereocenters. The quantitative estimate of drug-likeness (QED) is 0.327. The topological polar surface area (TPSA) is 95.9 Å². The third-order valence-corrected chi connectivity index (χ3v) is 6.19. The summed E-state index contributed by atoms with van der Waals surface area (Å²) in [5.41, 5.74) is 2.60. The lowest BCUT2D eigenvalue weighted by atomic mass is 10.1. The van der Waals surface area contributed by atoms with Gasteiger partial charge in [0.15, 0.2) is 12.3 Å². The molecule has 0 spiro atoms. The first-order chi connectivity index (χ1) is 15.1. The standard InChI is InChI=1S/C21H17N5O3S2/c1-12(2)26-19-15(9-22-26)14(8-16(23-19)17-4-3-6-31-17)21(27)28-10-18-24-20(29-25-18)13-5-7-30-11-13/h3-9,11-12H,10H2,1-2H3. The number of fused-ring (bicyclic) bond motifs is 1. The highest BCUT2D eigenvalue weighted by molar-refractivity contribution is 7.13. The molecule has 31 heavy (non-hydrogen) atoms. The maximum absolute atomic E-state index is 13.0. The van der Waals surface area contributed by atoms with Crippen molar-refractivity contribution in [1.29, 1.82) is 0 Å². The number of esters is 1. The van der Waals surface area contributed by atoms with Crippen LogP contribution in [0.1, 0.15) is 36.1 Å². The molecule has 0 aliphatic rings. The Bertz CT molecular complexity index is 1340. The van der Waals surface area contributed by atoms with Crippen LogP contribution in [0, 0.1) is 0 Å². The number of ether oxygens (including phenoxy) is 1. The number of aromatic nitrogens is 5. The molecule has 0 saturated carbocycles. The number of carbonyl (C=O) groups is 1. The van der Waals surface area contributed by atoms with Crippen molar-refractivity contribution >= 4 is 39.7 Å². The lowest BCUT2D eigenvalue weighted by molar-refractivity contribution is 0.0462. The van der Waals surface area contributed by atoms with Gasteiger partial charge in [-0.3, -0.25) is 0 Å². The van der Waals surface area contributed by atoms with Crippen LogP contribution in [0.4, 0.5) is 0 Å². The summed E-state index contributed by atoms with van der Waals surface area (Å²) in [5, 5.41) is 14.8. The summed E-state index contributed by atoms with van der Waals surface area (Å²) in [6.07, 6.45) is 1.65. The molecule has 0 N–H and O–H groups in total. The highest BCUT2D eigenvalue weighted by Gasteiger charge is 2.21. The fourth-order valence-corrected chi connectivity index (χ4v) is 4.46. The number of nitrogens with zero attached hydrogens (tertiary/aromatic N) is 5. The maximum atomic E-state index is 13.0. The van der Waals surface area contributed by atoms with E-state index in [2.05, 4.69) is 15.2 Å². The minimum atomic E-state index is -0.490. The SMILES string of the molecule is CC(C)n1ncc2c(C(=O)OCc3noc(-c4ccsc4)n3)cc(-c3cccs3)nc21. The molecule has 0 fully saturated rings. The van der Waals surface area contributed by atoms with Gasteiger partial charge in [0.1, 0.15) is 0 Å². The first kappa shape index (κ1) is 19.6. The molecule has 0 saturated heterocycles. The van der Waals surface area contributed by atoms with Gasteiger partial charge in [-0.2, -0.15) is 21.4 Å². The van der Waals surface area contributed by atoms with E-state index in [1.54, 1.807) is 28.3 Å². The fraction of sp³-hybridized carbons (Fsp3) is 0.190. The van der Waals surface area contributed by atoms with Crippen molar-refractivity contribution in [2.45, 2.75) is 26.5 Å². The molecule has 10 heteroatoms. The highest BCUT2D eigenvalue weighted by Crippen LogP contribution is 2.29. The van der Waals surface area contributed by atoms with Crippen molar-refractivity contribution in [2.75, 3.05) is 0 Å². The molecule has 5 rings (SSSR count). The lowest BCUT2D eigenvalue weighted by Crippen LogP contribution is -2.09. The van der Waals surface area contributed by atoms with Crippen LogP contribution < -0.4 is 0 Å². The molecule has 0 amide bonds. The Morgan fingerprint density at radius 1 is 1.26 bits per heavy atom. The zero-order chi connectivity index (χ0) is 21.4. The molecule has 0 radical (unpaired) electrons. The van der Waals surface area contributed by atoms with E-state index < -0.39 is 5.97 Å². The molecule has 0 bridgehead atoms. The Morgan fingerprint density at radius 2 is 2.16 bits per heavy atom. The van der Waals surface area contributed by atoms with E-state index in [1.165, 1.54) is 11.3 Å². The monoisotopic (exact) mass is 451 g/mol. The summed E-state index contributed by atoms with van der Waals surface area (Å²) < 4.78 is 12.6. The van der Waals surface area contributed by atoms with E-state index in [0.717, 1.165) is 10.4 Å². The predicted molar refractivity (Wildman–Crippen MR) is 118 cm³/mol. The van der Waals surface area contributed by atoms with Gasteiger partial charge in [-0.1, -0.05) is 11.2 Å². The van der Waals surface area contributed by atoms with Crippen LogP contribution in [0.5, 0.6) is 0 Å². The third kappa shape index (κ3) is 3.75. The Hall–Kier alpha value is -3.37. The molecule has 5 aromatic rings. The predicted octanol–water partition coefficient (Wildman–Crippen LogP) is 5.21. The van der Waals surface area contributed by atoms with Crippen LogP contribution in [0.2, 0.25) is 0 Å². The summed E-state index contributed by atoms with van der Waals surface area (Å²) in [5.74, 6) is 0.211. The summed E-state index contributed by atoms with van der Waals surface area (Å²) in [6, 6.07) is 7.65. The summed E-state index contributed by atoms with van der Waals surface area (Å²) in [7, 11) is 0. The van der Waals surface area contributed by atoms with Gasteiger partial charge in [0, 0.05) is 11.4 Å². The second-order valence-electron chi connectivity index (χ2n) is 7.06. The van der Waals surface area contributed by atoms with E-state index in [4.69, 9.17) is 14.2 Å². The molecular weight excluding hydrogens is 434 g/mol. The molecule has 5 aromatic heterocycles. The van der Waals surface area contributed by atoms with Crippen molar-refractivity contribution in [3.05, 3.63) is 58.0 Å². The van der Waals surface area contributed by atoms with Crippen molar-refractivity contribution in [3.63, 3.8) is 0 Å². The summed E-state index contributed by atoms with van der Waals surface area (Å²) >= 11 is 3.10. The minimum absolute atomic E-state index is 0.0943. The van der Waals surface area contributed by atoms with Gasteiger partial charge in [0.25, 0.3) is 5.89 Å². The van der Waals surface area contributed by atoms with Crippen LogP contribution in [-0.4, -0.2) is 30.9 Å². The van der Waals surface area contributed by atoms with Gasteiger partial charge in [-0.05, 0) is 42.8 Å². The van der Waals surface area contributed by atoms with Gasteiger partial charge < -0.3 is 9.26 Å². The van der Waals surface area contributed by atoms with Gasteiger partial charge in [-0.15, -0.1) is 11.3 Å². The zero-order valence-electron chi connectivity index (χ0n) is 16.7. The van der Waals surface area contributed by atoms with E-state index in [1.807, 2.05) is 48.2 Å². The van der Waals surface area contributed by atoms with Crippen molar-refractivity contribution in [1.82, 2.24) is 24.9 Å². The average Bonchev–Trinajstić information content (AvgIpc) is 3.56. The fourth-order valence-electron chi connectivity index (χ4n) is 3.14. The Morgan fingerprint density at radius 3 is 2.90 bits per heavy atom. The smallest absolute Gasteiger partial charge is 0.339 e. The molecule has 5 heterocycles. The van der Waals surface area contributed by atoms with Crippen LogP contribution in [-0.2, 0) is 11.3 Å². The largest absolute Gasteiger partial charge is 0.454 e. The van der Waals surface area contributed by atoms with E-state index in [-0.39, 0.29) is 12.6 Å². The van der Waals surface area contributed by atoms with Crippen LogP contribution in [0.25, 0.3) is 33.1 Å². The Kier molecular flexibility index (Phi) is 5.08.